The maximum Gasteiger partial charge on any atom is 0.243 e. The number of benzene rings is 1. The second-order valence-electron chi connectivity index (χ2n) is 5.35. The minimum atomic E-state index is 0.106. The van der Waals surface area contributed by atoms with Crippen LogP contribution in [0.2, 0.25) is 5.02 Å². The topological polar surface area (TPSA) is 64.9 Å². The van der Waals surface area contributed by atoms with Crippen LogP contribution in [0.3, 0.4) is 0 Å². The summed E-state index contributed by atoms with van der Waals surface area (Å²) >= 11 is 6.08. The molecule has 0 saturated carbocycles. The fraction of sp³-hybridized carbons (Fsp3) is 0.533. The quantitative estimate of drug-likeness (QED) is 0.805. The van der Waals surface area contributed by atoms with Gasteiger partial charge in [0.15, 0.2) is 0 Å². The van der Waals surface area contributed by atoms with Crippen molar-refractivity contribution in [1.29, 1.82) is 0 Å². The molecule has 1 aromatic heterocycles. The molecule has 0 aliphatic heterocycles. The third-order valence-corrected chi connectivity index (χ3v) is 3.31. The van der Waals surface area contributed by atoms with Crippen LogP contribution in [0.4, 0.5) is 5.95 Å². The van der Waals surface area contributed by atoms with Gasteiger partial charge in [-0.15, -0.1) is 0 Å². The summed E-state index contributed by atoms with van der Waals surface area (Å²) in [4.78, 5) is 0. The van der Waals surface area contributed by atoms with Crippen LogP contribution < -0.4 is 10.1 Å². The number of hydrogen-bond acceptors (Lipinski definition) is 5. The molecule has 6 nitrogen and oxygen atoms in total. The van der Waals surface area contributed by atoms with Gasteiger partial charge in [0.1, 0.15) is 5.75 Å². The largest absolute Gasteiger partial charge is 0.491 e. The molecule has 120 valence electrons. The minimum absolute atomic E-state index is 0.106. The first-order valence-corrected chi connectivity index (χ1v) is 7.93. The summed E-state index contributed by atoms with van der Waals surface area (Å²) in [5, 5.41) is 15.6. The first-order chi connectivity index (χ1) is 10.6. The molecule has 1 N–H and O–H groups in total. The van der Waals surface area contributed by atoms with Crippen LogP contribution in [0, 0.1) is 0 Å². The maximum atomic E-state index is 6.08. The number of anilines is 1. The zero-order valence-electron chi connectivity index (χ0n) is 13.2. The number of hydrogen-bond donors (Lipinski definition) is 1. The molecule has 0 atom stereocenters. The summed E-state index contributed by atoms with van der Waals surface area (Å²) in [5.74, 6) is 1.48. The minimum Gasteiger partial charge on any atom is -0.491 e. The molecule has 7 heteroatoms. The molecule has 1 aromatic carbocycles. The molecule has 2 rings (SSSR count). The van der Waals surface area contributed by atoms with Gasteiger partial charge in [-0.2, -0.15) is 0 Å². The Bertz CT molecular complexity index is 599. The molecule has 0 fully saturated rings. The molecule has 2 aromatic rings. The number of tetrazole rings is 1. The lowest BCUT2D eigenvalue weighted by Gasteiger charge is -2.15. The lowest BCUT2D eigenvalue weighted by Crippen LogP contribution is -2.12. The van der Waals surface area contributed by atoms with Gasteiger partial charge in [-0.1, -0.05) is 30.0 Å². The van der Waals surface area contributed by atoms with Crippen molar-refractivity contribution in [3.05, 3.63) is 28.8 Å². The monoisotopic (exact) mass is 323 g/mol. The third-order valence-electron chi connectivity index (χ3n) is 3.08. The van der Waals surface area contributed by atoms with Crippen LogP contribution >= 0.6 is 11.6 Å². The van der Waals surface area contributed by atoms with Gasteiger partial charge >= 0.3 is 0 Å². The number of unbranched alkanes of at least 4 members (excludes halogenated alkanes) is 1. The summed E-state index contributed by atoms with van der Waals surface area (Å²) < 4.78 is 7.58. The average molecular weight is 324 g/mol. The number of halogens is 1. The molecular formula is C15H22ClN5O. The van der Waals surface area contributed by atoms with Crippen molar-refractivity contribution in [2.24, 2.45) is 0 Å². The van der Waals surface area contributed by atoms with Gasteiger partial charge in [0.2, 0.25) is 5.95 Å². The van der Waals surface area contributed by atoms with E-state index in [1.165, 1.54) is 0 Å². The molecule has 0 spiro atoms. The third kappa shape index (κ3) is 4.59. The number of nitrogens with one attached hydrogen (secondary N) is 1. The Balaban J connectivity index is 2.07. The number of ether oxygens (including phenoxy) is 1. The molecule has 0 saturated heterocycles. The van der Waals surface area contributed by atoms with Crippen molar-refractivity contribution < 1.29 is 4.74 Å². The first kappa shape index (κ1) is 16.5. The molecule has 0 unspecified atom stereocenters. The Labute approximate surface area is 135 Å². The Morgan fingerprint density at radius 2 is 2.18 bits per heavy atom. The predicted molar refractivity (Wildman–Crippen MR) is 87.3 cm³/mol. The highest BCUT2D eigenvalue weighted by atomic mass is 35.5. The SMILES string of the molecule is CCCCn1nnnc1NCc1cc(Cl)ccc1OC(C)C. The van der Waals surface area contributed by atoms with E-state index in [-0.39, 0.29) is 6.10 Å². The highest BCUT2D eigenvalue weighted by molar-refractivity contribution is 6.30. The van der Waals surface area contributed by atoms with E-state index in [0.717, 1.165) is 30.7 Å². The summed E-state index contributed by atoms with van der Waals surface area (Å²) in [6, 6.07) is 5.61. The molecule has 1 heterocycles. The van der Waals surface area contributed by atoms with E-state index in [0.29, 0.717) is 17.5 Å². The summed E-state index contributed by atoms with van der Waals surface area (Å²) in [5.41, 5.74) is 0.978. The van der Waals surface area contributed by atoms with Gasteiger partial charge in [0.25, 0.3) is 0 Å². The van der Waals surface area contributed by atoms with Crippen LogP contribution in [0.15, 0.2) is 18.2 Å². The van der Waals surface area contributed by atoms with Gasteiger partial charge in [0, 0.05) is 23.7 Å². The van der Waals surface area contributed by atoms with E-state index in [1.54, 1.807) is 4.68 Å². The smallest absolute Gasteiger partial charge is 0.243 e. The molecule has 0 amide bonds. The van der Waals surface area contributed by atoms with Crippen LogP contribution in [-0.2, 0) is 13.1 Å². The Morgan fingerprint density at radius 3 is 2.91 bits per heavy atom. The van der Waals surface area contributed by atoms with Crippen molar-refractivity contribution in [3.63, 3.8) is 0 Å². The molecule has 0 bridgehead atoms. The van der Waals surface area contributed by atoms with Gasteiger partial charge in [-0.25, -0.2) is 4.68 Å². The van der Waals surface area contributed by atoms with Crippen LogP contribution in [0.5, 0.6) is 5.75 Å². The number of rotatable bonds is 8. The molecular weight excluding hydrogens is 302 g/mol. The van der Waals surface area contributed by atoms with E-state index in [9.17, 15) is 0 Å². The van der Waals surface area contributed by atoms with Crippen LogP contribution in [0.25, 0.3) is 0 Å². The van der Waals surface area contributed by atoms with E-state index in [4.69, 9.17) is 16.3 Å². The fourth-order valence-corrected chi connectivity index (χ4v) is 2.21. The first-order valence-electron chi connectivity index (χ1n) is 7.55. The van der Waals surface area contributed by atoms with Gasteiger partial charge in [-0.05, 0) is 48.9 Å². The van der Waals surface area contributed by atoms with Crippen molar-refractivity contribution in [2.75, 3.05) is 5.32 Å². The summed E-state index contributed by atoms with van der Waals surface area (Å²) in [7, 11) is 0. The number of aryl methyl sites for hydroxylation is 1. The highest BCUT2D eigenvalue weighted by Gasteiger charge is 2.09. The second kappa shape index (κ2) is 7.98. The van der Waals surface area contributed by atoms with E-state index in [2.05, 4.69) is 27.8 Å². The molecule has 0 aliphatic rings. The number of aromatic nitrogens is 4. The van der Waals surface area contributed by atoms with Crippen molar-refractivity contribution in [1.82, 2.24) is 20.2 Å². The zero-order valence-corrected chi connectivity index (χ0v) is 14.0. The second-order valence-corrected chi connectivity index (χ2v) is 5.79. The fourth-order valence-electron chi connectivity index (χ4n) is 2.02. The highest BCUT2D eigenvalue weighted by Crippen LogP contribution is 2.24. The normalized spacial score (nSPS) is 11.0. The number of nitrogens with zero attached hydrogens (tertiary/aromatic N) is 4. The predicted octanol–water partition coefficient (Wildman–Crippen LogP) is 3.53. The summed E-state index contributed by atoms with van der Waals surface area (Å²) in [6.07, 6.45) is 2.24. The Hall–Kier alpha value is -1.82. The van der Waals surface area contributed by atoms with Gasteiger partial charge < -0.3 is 10.1 Å². The van der Waals surface area contributed by atoms with Crippen LogP contribution in [-0.4, -0.2) is 26.3 Å². The molecule has 22 heavy (non-hydrogen) atoms. The zero-order chi connectivity index (χ0) is 15.9. The Kier molecular flexibility index (Phi) is 6.00. The molecule has 0 aliphatic carbocycles. The van der Waals surface area contributed by atoms with Crippen molar-refractivity contribution in [3.8, 4) is 5.75 Å². The van der Waals surface area contributed by atoms with E-state index < -0.39 is 0 Å². The van der Waals surface area contributed by atoms with Crippen LogP contribution in [0.1, 0.15) is 39.2 Å². The summed E-state index contributed by atoms with van der Waals surface area (Å²) in [6.45, 7) is 7.49. The maximum absolute atomic E-state index is 6.08. The van der Waals surface area contributed by atoms with Gasteiger partial charge in [-0.3, -0.25) is 0 Å². The Morgan fingerprint density at radius 1 is 1.36 bits per heavy atom. The lowest BCUT2D eigenvalue weighted by molar-refractivity contribution is 0.240. The van der Waals surface area contributed by atoms with E-state index >= 15 is 0 Å². The standard InChI is InChI=1S/C15H22ClN5O/c1-4-5-8-21-15(18-19-20-21)17-10-12-9-13(16)6-7-14(12)22-11(2)3/h6-7,9,11H,4-5,8,10H2,1-3H3,(H,17,18,20). The van der Waals surface area contributed by atoms with Gasteiger partial charge in [0.05, 0.1) is 6.10 Å². The van der Waals surface area contributed by atoms with Crippen molar-refractivity contribution in [2.45, 2.75) is 52.8 Å². The molecule has 0 radical (unpaired) electrons. The van der Waals surface area contributed by atoms with Crippen molar-refractivity contribution >= 4 is 17.5 Å². The lowest BCUT2D eigenvalue weighted by atomic mass is 10.2. The average Bonchev–Trinajstić information content (AvgIpc) is 2.92. The van der Waals surface area contributed by atoms with E-state index in [1.807, 2.05) is 32.0 Å².